The molecule has 1 aromatic heterocycles. The molecule has 0 aliphatic rings. The number of rotatable bonds is 5. The molecule has 0 saturated carbocycles. The van der Waals surface area contributed by atoms with E-state index in [2.05, 4.69) is 4.98 Å². The minimum Gasteiger partial charge on any atom is -0.480 e. The van der Waals surface area contributed by atoms with Crippen LogP contribution < -0.4 is 5.56 Å². The van der Waals surface area contributed by atoms with E-state index in [0.29, 0.717) is 6.54 Å². The Labute approximate surface area is 104 Å². The van der Waals surface area contributed by atoms with Gasteiger partial charge in [0.05, 0.1) is 0 Å². The normalized spacial score (nSPS) is 10.4. The fraction of sp³-hybridized carbons (Fsp3) is 0.417. The van der Waals surface area contributed by atoms with Crippen LogP contribution in [0.3, 0.4) is 0 Å². The first-order valence-electron chi connectivity index (χ1n) is 5.60. The molecule has 0 aliphatic carbocycles. The highest BCUT2D eigenvalue weighted by Gasteiger charge is 2.19. The van der Waals surface area contributed by atoms with Crippen LogP contribution in [0.4, 0.5) is 0 Å². The summed E-state index contributed by atoms with van der Waals surface area (Å²) >= 11 is 0. The first-order valence-corrected chi connectivity index (χ1v) is 5.60. The Morgan fingerprint density at radius 2 is 2.11 bits per heavy atom. The van der Waals surface area contributed by atoms with E-state index in [1.54, 1.807) is 0 Å². The zero-order valence-corrected chi connectivity index (χ0v) is 10.3. The average Bonchev–Trinajstić information content (AvgIpc) is 2.26. The molecular weight excluding hydrogens is 236 g/mol. The molecule has 1 aromatic rings. The fourth-order valence-electron chi connectivity index (χ4n) is 1.58. The Morgan fingerprint density at radius 1 is 1.44 bits per heavy atom. The van der Waals surface area contributed by atoms with E-state index in [1.165, 1.54) is 17.2 Å². The molecule has 0 unspecified atom stereocenters. The van der Waals surface area contributed by atoms with Gasteiger partial charge in [0.15, 0.2) is 0 Å². The molecule has 0 aliphatic heterocycles. The third-order valence-electron chi connectivity index (χ3n) is 2.22. The summed E-state index contributed by atoms with van der Waals surface area (Å²) in [6.45, 7) is 3.74. The number of amides is 1. The highest BCUT2D eigenvalue weighted by atomic mass is 16.4. The summed E-state index contributed by atoms with van der Waals surface area (Å²) < 4.78 is 0. The second kappa shape index (κ2) is 6.00. The van der Waals surface area contributed by atoms with Gasteiger partial charge in [-0.15, -0.1) is 0 Å². The van der Waals surface area contributed by atoms with E-state index in [4.69, 9.17) is 5.11 Å². The minimum atomic E-state index is -1.08. The Bertz CT molecular complexity index is 493. The van der Waals surface area contributed by atoms with Crippen LogP contribution in [0.25, 0.3) is 0 Å². The van der Waals surface area contributed by atoms with Crippen molar-refractivity contribution in [2.45, 2.75) is 13.8 Å². The molecule has 1 amide bonds. The van der Waals surface area contributed by atoms with Crippen molar-refractivity contribution in [1.82, 2.24) is 9.88 Å². The van der Waals surface area contributed by atoms with Crippen molar-refractivity contribution in [3.05, 3.63) is 34.2 Å². The van der Waals surface area contributed by atoms with E-state index < -0.39 is 11.9 Å². The Kier molecular flexibility index (Phi) is 4.65. The molecule has 1 heterocycles. The van der Waals surface area contributed by atoms with E-state index >= 15 is 0 Å². The van der Waals surface area contributed by atoms with Gasteiger partial charge >= 0.3 is 5.97 Å². The summed E-state index contributed by atoms with van der Waals surface area (Å²) in [4.78, 5) is 37.6. The summed E-state index contributed by atoms with van der Waals surface area (Å²) in [5, 5.41) is 8.79. The Morgan fingerprint density at radius 3 is 2.61 bits per heavy atom. The zero-order valence-electron chi connectivity index (χ0n) is 10.3. The molecule has 6 nitrogen and oxygen atoms in total. The summed E-state index contributed by atoms with van der Waals surface area (Å²) in [5.41, 5.74) is -0.193. The van der Waals surface area contributed by atoms with Crippen LogP contribution in [0.15, 0.2) is 23.1 Å². The maximum Gasteiger partial charge on any atom is 0.323 e. The number of H-pyrrole nitrogens is 1. The Hall–Kier alpha value is -2.11. The van der Waals surface area contributed by atoms with Crippen LogP contribution in [0, 0.1) is 5.92 Å². The van der Waals surface area contributed by atoms with Crippen molar-refractivity contribution in [2.75, 3.05) is 13.1 Å². The zero-order chi connectivity index (χ0) is 13.7. The van der Waals surface area contributed by atoms with Crippen LogP contribution in [0.5, 0.6) is 0 Å². The van der Waals surface area contributed by atoms with Gasteiger partial charge in [0.25, 0.3) is 5.91 Å². The number of carbonyl (C=O) groups excluding carboxylic acids is 1. The molecule has 18 heavy (non-hydrogen) atoms. The summed E-state index contributed by atoms with van der Waals surface area (Å²) in [6.07, 6.45) is 1.36. The second-order valence-corrected chi connectivity index (χ2v) is 4.41. The monoisotopic (exact) mass is 252 g/mol. The third-order valence-corrected chi connectivity index (χ3v) is 2.22. The molecule has 0 bridgehead atoms. The Balaban J connectivity index is 2.94. The lowest BCUT2D eigenvalue weighted by Gasteiger charge is -2.22. The molecule has 98 valence electrons. The number of carboxylic acid groups (broad SMARTS) is 1. The highest BCUT2D eigenvalue weighted by molar-refractivity contribution is 5.95. The molecule has 1 rings (SSSR count). The maximum absolute atomic E-state index is 12.1. The number of aromatic amines is 1. The predicted molar refractivity (Wildman–Crippen MR) is 65.4 cm³/mol. The number of carboxylic acids is 1. The van der Waals surface area contributed by atoms with Crippen LogP contribution in [-0.4, -0.2) is 40.0 Å². The largest absolute Gasteiger partial charge is 0.480 e. The lowest BCUT2D eigenvalue weighted by atomic mass is 10.1. The molecule has 0 aromatic carbocycles. The van der Waals surface area contributed by atoms with Gasteiger partial charge in [0, 0.05) is 24.4 Å². The lowest BCUT2D eigenvalue weighted by molar-refractivity contribution is -0.137. The van der Waals surface area contributed by atoms with E-state index in [0.717, 1.165) is 6.07 Å². The van der Waals surface area contributed by atoms with Gasteiger partial charge in [0.2, 0.25) is 5.56 Å². The summed E-state index contributed by atoms with van der Waals surface area (Å²) in [6, 6.07) is 2.62. The van der Waals surface area contributed by atoms with Gasteiger partial charge < -0.3 is 15.0 Å². The number of pyridine rings is 1. The van der Waals surface area contributed by atoms with Gasteiger partial charge in [-0.2, -0.15) is 0 Å². The van der Waals surface area contributed by atoms with Gasteiger partial charge in [-0.3, -0.25) is 14.4 Å². The number of nitrogens with zero attached hydrogens (tertiary/aromatic N) is 1. The van der Waals surface area contributed by atoms with Crippen molar-refractivity contribution < 1.29 is 14.7 Å². The fourth-order valence-corrected chi connectivity index (χ4v) is 1.58. The van der Waals surface area contributed by atoms with E-state index in [1.807, 2.05) is 13.8 Å². The number of hydrogen-bond donors (Lipinski definition) is 2. The smallest absolute Gasteiger partial charge is 0.323 e. The number of nitrogens with one attached hydrogen (secondary N) is 1. The molecule has 0 saturated heterocycles. The quantitative estimate of drug-likeness (QED) is 0.801. The summed E-state index contributed by atoms with van der Waals surface area (Å²) in [5.74, 6) is -1.37. The third kappa shape index (κ3) is 4.04. The predicted octanol–water partition coefficient (Wildman–Crippen LogP) is 0.558. The van der Waals surface area contributed by atoms with Crippen LogP contribution in [0.2, 0.25) is 0 Å². The summed E-state index contributed by atoms with van der Waals surface area (Å²) in [7, 11) is 0. The number of hydrogen-bond acceptors (Lipinski definition) is 3. The molecule has 0 fully saturated rings. The van der Waals surface area contributed by atoms with Crippen molar-refractivity contribution in [2.24, 2.45) is 5.92 Å². The van der Waals surface area contributed by atoms with Crippen LogP contribution in [0.1, 0.15) is 24.2 Å². The van der Waals surface area contributed by atoms with E-state index in [-0.39, 0.29) is 23.6 Å². The first kappa shape index (κ1) is 14.0. The first-order chi connectivity index (χ1) is 8.40. The maximum atomic E-state index is 12.1. The van der Waals surface area contributed by atoms with Crippen molar-refractivity contribution in [3.63, 3.8) is 0 Å². The molecule has 0 atom stereocenters. The standard InChI is InChI=1S/C12H16N2O4/c1-8(2)6-14(7-11(16)17)12(18)9-3-4-13-10(15)5-9/h3-5,8H,6-7H2,1-2H3,(H,13,15)(H,16,17). The van der Waals surface area contributed by atoms with Crippen LogP contribution in [-0.2, 0) is 4.79 Å². The van der Waals surface area contributed by atoms with Crippen molar-refractivity contribution in [3.8, 4) is 0 Å². The number of carbonyl (C=O) groups is 2. The van der Waals surface area contributed by atoms with Gasteiger partial charge in [-0.1, -0.05) is 13.8 Å². The topological polar surface area (TPSA) is 90.5 Å². The molecule has 0 radical (unpaired) electrons. The second-order valence-electron chi connectivity index (χ2n) is 4.41. The number of aromatic nitrogens is 1. The minimum absolute atomic E-state index is 0.148. The van der Waals surface area contributed by atoms with Crippen LogP contribution >= 0.6 is 0 Å². The molecular formula is C12H16N2O4. The van der Waals surface area contributed by atoms with E-state index in [9.17, 15) is 14.4 Å². The van der Waals surface area contributed by atoms with Crippen molar-refractivity contribution in [1.29, 1.82) is 0 Å². The van der Waals surface area contributed by atoms with Gasteiger partial charge in [-0.05, 0) is 12.0 Å². The van der Waals surface area contributed by atoms with Gasteiger partial charge in [0.1, 0.15) is 6.54 Å². The molecule has 0 spiro atoms. The SMILES string of the molecule is CC(C)CN(CC(=O)O)C(=O)c1cc[nH]c(=O)c1. The molecule has 6 heteroatoms. The number of aliphatic carboxylic acids is 1. The highest BCUT2D eigenvalue weighted by Crippen LogP contribution is 2.05. The van der Waals surface area contributed by atoms with Crippen molar-refractivity contribution >= 4 is 11.9 Å². The van der Waals surface area contributed by atoms with Gasteiger partial charge in [-0.25, -0.2) is 0 Å². The average molecular weight is 252 g/mol. The lowest BCUT2D eigenvalue weighted by Crippen LogP contribution is -2.38. The molecule has 2 N–H and O–H groups in total.